The fourth-order valence-electron chi connectivity index (χ4n) is 2.23. The number of hydrogen-bond acceptors (Lipinski definition) is 3. The van der Waals surface area contributed by atoms with E-state index >= 15 is 0 Å². The Hall–Kier alpha value is -2.21. The highest BCUT2D eigenvalue weighted by molar-refractivity contribution is 6.03. The SMILES string of the molecule is CC[NH+](CC(=O)Nc1ccccc1C(C)=O)CC(=O)NC(C)C. The summed E-state index contributed by atoms with van der Waals surface area (Å²) in [6.45, 7) is 8.27. The number of quaternary nitrogens is 1. The monoisotopic (exact) mass is 320 g/mol. The third-order valence-electron chi connectivity index (χ3n) is 3.35. The van der Waals surface area contributed by atoms with Crippen molar-refractivity contribution in [2.75, 3.05) is 25.0 Å². The molecule has 0 radical (unpaired) electrons. The molecule has 126 valence electrons. The van der Waals surface area contributed by atoms with Crippen molar-refractivity contribution in [3.05, 3.63) is 29.8 Å². The van der Waals surface area contributed by atoms with Crippen LogP contribution in [0.3, 0.4) is 0 Å². The molecule has 0 saturated carbocycles. The highest BCUT2D eigenvalue weighted by atomic mass is 16.2. The molecule has 23 heavy (non-hydrogen) atoms. The third kappa shape index (κ3) is 6.61. The van der Waals surface area contributed by atoms with Gasteiger partial charge in [0.2, 0.25) is 0 Å². The van der Waals surface area contributed by atoms with Crippen LogP contribution in [0.1, 0.15) is 38.1 Å². The van der Waals surface area contributed by atoms with E-state index in [1.807, 2.05) is 20.8 Å². The minimum atomic E-state index is -0.215. The zero-order valence-corrected chi connectivity index (χ0v) is 14.2. The molecule has 2 amide bonds. The highest BCUT2D eigenvalue weighted by Gasteiger charge is 2.18. The van der Waals surface area contributed by atoms with Crippen LogP contribution in [-0.4, -0.2) is 43.3 Å². The van der Waals surface area contributed by atoms with Gasteiger partial charge in [0.15, 0.2) is 18.9 Å². The van der Waals surface area contributed by atoms with E-state index in [4.69, 9.17) is 0 Å². The molecule has 0 aliphatic heterocycles. The quantitative estimate of drug-likeness (QED) is 0.601. The van der Waals surface area contributed by atoms with Gasteiger partial charge in [-0.2, -0.15) is 0 Å². The Morgan fingerprint density at radius 1 is 1.09 bits per heavy atom. The first-order valence-corrected chi connectivity index (χ1v) is 7.86. The summed E-state index contributed by atoms with van der Waals surface area (Å²) in [5.41, 5.74) is 0.989. The van der Waals surface area contributed by atoms with Crippen LogP contribution < -0.4 is 15.5 Å². The molecule has 0 fully saturated rings. The van der Waals surface area contributed by atoms with Gasteiger partial charge in [-0.1, -0.05) is 12.1 Å². The largest absolute Gasteiger partial charge is 0.349 e. The fourth-order valence-corrected chi connectivity index (χ4v) is 2.23. The van der Waals surface area contributed by atoms with Crippen LogP contribution in [0.15, 0.2) is 24.3 Å². The van der Waals surface area contributed by atoms with E-state index in [9.17, 15) is 14.4 Å². The van der Waals surface area contributed by atoms with E-state index in [1.54, 1.807) is 24.3 Å². The molecule has 0 aliphatic carbocycles. The number of para-hydroxylation sites is 1. The summed E-state index contributed by atoms with van der Waals surface area (Å²) in [6, 6.07) is 6.98. The molecule has 0 spiro atoms. The van der Waals surface area contributed by atoms with Crippen LogP contribution in [0.4, 0.5) is 5.69 Å². The van der Waals surface area contributed by atoms with Crippen LogP contribution in [0, 0.1) is 0 Å². The molecule has 1 aromatic carbocycles. The number of carbonyl (C=O) groups excluding carboxylic acids is 3. The van der Waals surface area contributed by atoms with Crippen molar-refractivity contribution < 1.29 is 19.3 Å². The molecule has 0 saturated heterocycles. The van der Waals surface area contributed by atoms with E-state index in [2.05, 4.69) is 10.6 Å². The van der Waals surface area contributed by atoms with Gasteiger partial charge in [0, 0.05) is 11.6 Å². The number of amides is 2. The minimum absolute atomic E-state index is 0.0752. The number of hydrogen-bond donors (Lipinski definition) is 3. The molecule has 0 heterocycles. The zero-order valence-electron chi connectivity index (χ0n) is 14.2. The predicted octanol–water partition coefficient (Wildman–Crippen LogP) is 0.257. The molecule has 1 unspecified atom stereocenters. The van der Waals surface area contributed by atoms with Crippen molar-refractivity contribution in [3.8, 4) is 0 Å². The van der Waals surface area contributed by atoms with E-state index in [-0.39, 0.29) is 36.7 Å². The smallest absolute Gasteiger partial charge is 0.279 e. The van der Waals surface area contributed by atoms with Crippen molar-refractivity contribution in [2.45, 2.75) is 33.7 Å². The van der Waals surface area contributed by atoms with Crippen LogP contribution in [-0.2, 0) is 9.59 Å². The summed E-state index contributed by atoms with van der Waals surface area (Å²) >= 11 is 0. The van der Waals surface area contributed by atoms with Crippen LogP contribution >= 0.6 is 0 Å². The topological polar surface area (TPSA) is 79.7 Å². The lowest BCUT2D eigenvalue weighted by Gasteiger charge is -2.18. The lowest BCUT2D eigenvalue weighted by molar-refractivity contribution is -0.881. The van der Waals surface area contributed by atoms with Gasteiger partial charge in [-0.05, 0) is 39.8 Å². The first-order valence-electron chi connectivity index (χ1n) is 7.86. The second-order valence-corrected chi connectivity index (χ2v) is 5.83. The van der Waals surface area contributed by atoms with Crippen LogP contribution in [0.25, 0.3) is 0 Å². The Morgan fingerprint density at radius 2 is 1.70 bits per heavy atom. The number of nitrogens with one attached hydrogen (secondary N) is 3. The van der Waals surface area contributed by atoms with Gasteiger partial charge in [0.05, 0.1) is 12.2 Å². The van der Waals surface area contributed by atoms with E-state index in [1.165, 1.54) is 6.92 Å². The van der Waals surface area contributed by atoms with Crippen molar-refractivity contribution in [3.63, 3.8) is 0 Å². The molecule has 3 N–H and O–H groups in total. The molecule has 1 atom stereocenters. The van der Waals surface area contributed by atoms with Gasteiger partial charge in [0.25, 0.3) is 11.8 Å². The third-order valence-corrected chi connectivity index (χ3v) is 3.35. The molecule has 0 aliphatic rings. The second-order valence-electron chi connectivity index (χ2n) is 5.83. The Kier molecular flexibility index (Phi) is 7.41. The van der Waals surface area contributed by atoms with E-state index < -0.39 is 0 Å². The first-order chi connectivity index (χ1) is 10.8. The standard InChI is InChI=1S/C17H25N3O3/c1-5-20(10-16(22)18-12(2)3)11-17(23)19-15-9-7-6-8-14(15)13(4)21/h6-9,12H,5,10-11H2,1-4H3,(H,18,22)(H,19,23)/p+1. The Bertz CT molecular complexity index is 570. The summed E-state index contributed by atoms with van der Waals surface area (Å²) in [5, 5.41) is 5.58. The lowest BCUT2D eigenvalue weighted by Crippen LogP contribution is -3.14. The molecule has 0 bridgehead atoms. The number of Topliss-reactive ketones (excluding diaryl/α,β-unsaturated/α-hetero) is 1. The molecule has 1 aromatic rings. The van der Waals surface area contributed by atoms with Gasteiger partial charge in [-0.15, -0.1) is 0 Å². The number of benzene rings is 1. The van der Waals surface area contributed by atoms with E-state index in [0.29, 0.717) is 17.8 Å². The summed E-state index contributed by atoms with van der Waals surface area (Å²) in [6.07, 6.45) is 0. The number of anilines is 1. The maximum Gasteiger partial charge on any atom is 0.279 e. The van der Waals surface area contributed by atoms with Crippen LogP contribution in [0.2, 0.25) is 0 Å². The van der Waals surface area contributed by atoms with Crippen LogP contribution in [0.5, 0.6) is 0 Å². The summed E-state index contributed by atoms with van der Waals surface area (Å²) < 4.78 is 0. The number of ketones is 1. The van der Waals surface area contributed by atoms with Gasteiger partial charge in [0.1, 0.15) is 0 Å². The summed E-state index contributed by atoms with van der Waals surface area (Å²) in [4.78, 5) is 36.4. The second kappa shape index (κ2) is 9.05. The normalized spacial score (nSPS) is 11.9. The zero-order chi connectivity index (χ0) is 17.4. The van der Waals surface area contributed by atoms with Crippen molar-refractivity contribution in [1.29, 1.82) is 0 Å². The Labute approximate surface area is 137 Å². The number of likely N-dealkylation sites (N-methyl/N-ethyl adjacent to an activating group) is 1. The van der Waals surface area contributed by atoms with Gasteiger partial charge < -0.3 is 15.5 Å². The van der Waals surface area contributed by atoms with Gasteiger partial charge >= 0.3 is 0 Å². The molecule has 6 nitrogen and oxygen atoms in total. The molecule has 0 aromatic heterocycles. The molecular weight excluding hydrogens is 294 g/mol. The van der Waals surface area contributed by atoms with Crippen molar-refractivity contribution >= 4 is 23.3 Å². The Morgan fingerprint density at radius 3 is 2.26 bits per heavy atom. The minimum Gasteiger partial charge on any atom is -0.349 e. The van der Waals surface area contributed by atoms with Crippen molar-refractivity contribution in [2.24, 2.45) is 0 Å². The highest BCUT2D eigenvalue weighted by Crippen LogP contribution is 2.14. The maximum absolute atomic E-state index is 12.2. The van der Waals surface area contributed by atoms with E-state index in [0.717, 1.165) is 4.90 Å². The Balaban J connectivity index is 2.64. The van der Waals surface area contributed by atoms with Crippen molar-refractivity contribution in [1.82, 2.24) is 5.32 Å². The molecule has 6 heteroatoms. The van der Waals surface area contributed by atoms with Gasteiger partial charge in [-0.25, -0.2) is 0 Å². The maximum atomic E-state index is 12.2. The lowest BCUT2D eigenvalue weighted by atomic mass is 10.1. The fraction of sp³-hybridized carbons (Fsp3) is 0.471. The first kappa shape index (κ1) is 18.8. The predicted molar refractivity (Wildman–Crippen MR) is 89.6 cm³/mol. The average Bonchev–Trinajstić information content (AvgIpc) is 2.45. The average molecular weight is 320 g/mol. The molecular formula is C17H26N3O3+. The number of carbonyl (C=O) groups is 3. The summed E-state index contributed by atoms with van der Waals surface area (Å²) in [5.74, 6) is -0.390. The molecule has 1 rings (SSSR count). The number of rotatable bonds is 8. The van der Waals surface area contributed by atoms with Gasteiger partial charge in [-0.3, -0.25) is 14.4 Å². The summed E-state index contributed by atoms with van der Waals surface area (Å²) in [7, 11) is 0.